The average molecular weight is 415 g/mol. The minimum atomic E-state index is -1.67. The zero-order valence-electron chi connectivity index (χ0n) is 17.2. The minimum absolute atomic E-state index is 0.117. The summed E-state index contributed by atoms with van der Waals surface area (Å²) in [5.74, 6) is 4.56. The molecule has 2 aromatic heterocycles. The molecular formula is C23H21N5O3. The van der Waals surface area contributed by atoms with Gasteiger partial charge in [-0.15, -0.1) is 0 Å². The Morgan fingerprint density at radius 1 is 1.29 bits per heavy atom. The van der Waals surface area contributed by atoms with Crippen LogP contribution in [0, 0.1) is 18.8 Å². The van der Waals surface area contributed by atoms with Gasteiger partial charge in [0, 0.05) is 37.3 Å². The highest BCUT2D eigenvalue weighted by atomic mass is 16.3. The standard InChI is InChI=1S/C23H21N5O3/c1-15-13-25-28(14-15)18-11-19(26-20(12-18)21(24)29)17-5-3-4-16(10-17)6-7-23(31)8-9-27(2)22(23)30/h3-5,10-14,31H,8-9H2,1-2H3,(H2,24,29)/t23-/m0/s1. The third kappa shape index (κ3) is 4.04. The fraction of sp³-hybridized carbons (Fsp3) is 0.217. The Hall–Kier alpha value is -3.96. The molecule has 31 heavy (non-hydrogen) atoms. The Bertz CT molecular complexity index is 1250. The zero-order valence-corrected chi connectivity index (χ0v) is 17.2. The fourth-order valence-corrected chi connectivity index (χ4v) is 3.38. The van der Waals surface area contributed by atoms with E-state index in [1.807, 2.05) is 19.2 Å². The van der Waals surface area contributed by atoms with Crippen molar-refractivity contribution in [1.82, 2.24) is 19.7 Å². The number of nitrogens with zero attached hydrogens (tertiary/aromatic N) is 4. The van der Waals surface area contributed by atoms with Crippen molar-refractivity contribution in [3.63, 3.8) is 0 Å². The van der Waals surface area contributed by atoms with Crippen LogP contribution in [0.25, 0.3) is 16.9 Å². The first kappa shape index (κ1) is 20.3. The molecule has 0 saturated carbocycles. The number of pyridine rings is 1. The fourth-order valence-electron chi connectivity index (χ4n) is 3.38. The van der Waals surface area contributed by atoms with Gasteiger partial charge in [-0.2, -0.15) is 5.10 Å². The van der Waals surface area contributed by atoms with Crippen LogP contribution in [-0.2, 0) is 4.79 Å². The van der Waals surface area contributed by atoms with Gasteiger partial charge in [-0.3, -0.25) is 9.59 Å². The molecule has 8 nitrogen and oxygen atoms in total. The van der Waals surface area contributed by atoms with Crippen molar-refractivity contribution in [2.45, 2.75) is 18.9 Å². The van der Waals surface area contributed by atoms with Crippen LogP contribution >= 0.6 is 0 Å². The van der Waals surface area contributed by atoms with Crippen LogP contribution in [0.3, 0.4) is 0 Å². The van der Waals surface area contributed by atoms with E-state index in [-0.39, 0.29) is 12.1 Å². The van der Waals surface area contributed by atoms with E-state index in [1.165, 1.54) is 4.90 Å². The second kappa shape index (κ2) is 7.70. The van der Waals surface area contributed by atoms with Gasteiger partial charge in [-0.05, 0) is 36.8 Å². The first-order chi connectivity index (χ1) is 14.7. The second-order valence-electron chi connectivity index (χ2n) is 7.59. The van der Waals surface area contributed by atoms with Crippen molar-refractivity contribution in [2.75, 3.05) is 13.6 Å². The molecular weight excluding hydrogens is 394 g/mol. The first-order valence-corrected chi connectivity index (χ1v) is 9.70. The number of carbonyl (C=O) groups excluding carboxylic acids is 2. The average Bonchev–Trinajstić information content (AvgIpc) is 3.31. The molecule has 1 fully saturated rings. The molecule has 2 amide bonds. The van der Waals surface area contributed by atoms with Crippen molar-refractivity contribution in [1.29, 1.82) is 0 Å². The summed E-state index contributed by atoms with van der Waals surface area (Å²) in [5, 5.41) is 14.8. The number of carbonyl (C=O) groups is 2. The van der Waals surface area contributed by atoms with Crippen LogP contribution in [-0.4, -0.2) is 55.8 Å². The Kier molecular flexibility index (Phi) is 5.05. The highest BCUT2D eigenvalue weighted by molar-refractivity contribution is 5.92. The monoisotopic (exact) mass is 415 g/mol. The number of benzene rings is 1. The van der Waals surface area contributed by atoms with Crippen LogP contribution < -0.4 is 5.73 Å². The Morgan fingerprint density at radius 3 is 2.74 bits per heavy atom. The summed E-state index contributed by atoms with van der Waals surface area (Å²) in [7, 11) is 1.64. The molecule has 1 aliphatic rings. The maximum Gasteiger partial charge on any atom is 0.267 e. The molecule has 1 saturated heterocycles. The van der Waals surface area contributed by atoms with Crippen LogP contribution in [0.15, 0.2) is 48.8 Å². The molecule has 0 unspecified atom stereocenters. The number of primary amides is 1. The maximum atomic E-state index is 12.1. The molecule has 0 radical (unpaired) electrons. The van der Waals surface area contributed by atoms with Crippen LogP contribution in [0.4, 0.5) is 0 Å². The van der Waals surface area contributed by atoms with Gasteiger partial charge >= 0.3 is 0 Å². The Labute approximate surface area is 179 Å². The lowest BCUT2D eigenvalue weighted by Crippen LogP contribution is -2.37. The lowest BCUT2D eigenvalue weighted by molar-refractivity contribution is -0.137. The van der Waals surface area contributed by atoms with Crippen LogP contribution in [0.2, 0.25) is 0 Å². The van der Waals surface area contributed by atoms with E-state index in [0.717, 1.165) is 5.56 Å². The number of likely N-dealkylation sites (tertiary alicyclic amines) is 1. The summed E-state index contributed by atoms with van der Waals surface area (Å²) < 4.78 is 1.65. The first-order valence-electron chi connectivity index (χ1n) is 9.70. The topological polar surface area (TPSA) is 114 Å². The van der Waals surface area contributed by atoms with E-state index in [1.54, 1.807) is 48.3 Å². The summed E-state index contributed by atoms with van der Waals surface area (Å²) >= 11 is 0. The molecule has 156 valence electrons. The van der Waals surface area contributed by atoms with E-state index in [9.17, 15) is 14.7 Å². The highest BCUT2D eigenvalue weighted by Gasteiger charge is 2.42. The normalized spacial score (nSPS) is 18.0. The summed E-state index contributed by atoms with van der Waals surface area (Å²) in [5.41, 5.74) is 7.40. The molecule has 8 heteroatoms. The van der Waals surface area contributed by atoms with Gasteiger partial charge in [0.15, 0.2) is 0 Å². The predicted octanol–water partition coefficient (Wildman–Crippen LogP) is 1.29. The number of rotatable bonds is 3. The summed E-state index contributed by atoms with van der Waals surface area (Å²) in [6, 6.07) is 10.6. The van der Waals surface area contributed by atoms with Crippen molar-refractivity contribution in [3.8, 4) is 28.8 Å². The molecule has 0 aliphatic carbocycles. The zero-order chi connectivity index (χ0) is 22.2. The quantitative estimate of drug-likeness (QED) is 0.626. The Balaban J connectivity index is 1.73. The van der Waals surface area contributed by atoms with Crippen molar-refractivity contribution in [2.24, 2.45) is 5.73 Å². The molecule has 1 aliphatic heterocycles. The largest absolute Gasteiger partial charge is 0.369 e. The van der Waals surface area contributed by atoms with Crippen molar-refractivity contribution in [3.05, 3.63) is 65.6 Å². The van der Waals surface area contributed by atoms with E-state index in [0.29, 0.717) is 29.1 Å². The van der Waals surface area contributed by atoms with Gasteiger partial charge in [-0.25, -0.2) is 9.67 Å². The lowest BCUT2D eigenvalue weighted by Gasteiger charge is -2.13. The molecule has 1 atom stereocenters. The number of aryl methyl sites for hydroxylation is 1. The van der Waals surface area contributed by atoms with Crippen LogP contribution in [0.1, 0.15) is 28.0 Å². The highest BCUT2D eigenvalue weighted by Crippen LogP contribution is 2.24. The lowest BCUT2D eigenvalue weighted by atomic mass is 10.0. The number of nitrogens with two attached hydrogens (primary N) is 1. The van der Waals surface area contributed by atoms with Gasteiger partial charge in [0.2, 0.25) is 5.60 Å². The minimum Gasteiger partial charge on any atom is -0.369 e. The predicted molar refractivity (Wildman–Crippen MR) is 114 cm³/mol. The van der Waals surface area contributed by atoms with E-state index >= 15 is 0 Å². The summed E-state index contributed by atoms with van der Waals surface area (Å²) in [6.07, 6.45) is 3.82. The molecule has 0 spiro atoms. The number of aliphatic hydroxyl groups is 1. The van der Waals surface area contributed by atoms with Crippen molar-refractivity contribution >= 4 is 11.8 Å². The molecule has 1 aromatic carbocycles. The SMILES string of the molecule is Cc1cnn(-c2cc(C(N)=O)nc(-c3cccc(C#C[C@]4(O)CCN(C)C4=O)c3)c2)c1. The second-order valence-corrected chi connectivity index (χ2v) is 7.59. The van der Waals surface area contributed by atoms with Gasteiger partial charge in [0.25, 0.3) is 11.8 Å². The third-order valence-corrected chi connectivity index (χ3v) is 5.12. The smallest absolute Gasteiger partial charge is 0.267 e. The number of hydrogen-bond acceptors (Lipinski definition) is 5. The van der Waals surface area contributed by atoms with E-state index in [2.05, 4.69) is 21.9 Å². The number of aromatic nitrogens is 3. The number of amides is 2. The maximum absolute atomic E-state index is 12.1. The van der Waals surface area contributed by atoms with Gasteiger partial charge < -0.3 is 15.7 Å². The summed E-state index contributed by atoms with van der Waals surface area (Å²) in [4.78, 5) is 29.8. The number of likely N-dealkylation sites (N-methyl/N-ethyl adjacent to an activating group) is 1. The molecule has 4 rings (SSSR count). The molecule has 0 bridgehead atoms. The van der Waals surface area contributed by atoms with Gasteiger partial charge in [0.1, 0.15) is 5.69 Å². The Morgan fingerprint density at radius 2 is 2.10 bits per heavy atom. The van der Waals surface area contributed by atoms with Crippen molar-refractivity contribution < 1.29 is 14.7 Å². The van der Waals surface area contributed by atoms with E-state index in [4.69, 9.17) is 5.73 Å². The molecule has 3 heterocycles. The third-order valence-electron chi connectivity index (χ3n) is 5.12. The molecule has 3 aromatic rings. The number of hydrogen-bond donors (Lipinski definition) is 2. The molecule has 3 N–H and O–H groups in total. The van der Waals surface area contributed by atoms with Gasteiger partial charge in [0.05, 0.1) is 17.6 Å². The van der Waals surface area contributed by atoms with Crippen LogP contribution in [0.5, 0.6) is 0 Å². The van der Waals surface area contributed by atoms with Gasteiger partial charge in [-0.1, -0.05) is 24.0 Å². The van der Waals surface area contributed by atoms with E-state index < -0.39 is 17.4 Å². The summed E-state index contributed by atoms with van der Waals surface area (Å²) in [6.45, 7) is 2.38.